The number of pyridine rings is 3. The lowest BCUT2D eigenvalue weighted by molar-refractivity contribution is 0.00864. The summed E-state index contributed by atoms with van der Waals surface area (Å²) in [5.74, 6) is 1.06. The molecule has 0 aliphatic carbocycles. The van der Waals surface area contributed by atoms with Crippen molar-refractivity contribution >= 4 is 38.2 Å². The Labute approximate surface area is 236 Å². The molecule has 0 amide bonds. The molecule has 4 atom stereocenters. The third-order valence-electron chi connectivity index (χ3n) is 8.07. The van der Waals surface area contributed by atoms with Crippen molar-refractivity contribution in [1.29, 1.82) is 0 Å². The van der Waals surface area contributed by atoms with E-state index in [1.165, 1.54) is 6.26 Å². The van der Waals surface area contributed by atoms with E-state index in [9.17, 15) is 13.2 Å². The predicted molar refractivity (Wildman–Crippen MR) is 156 cm³/mol. The van der Waals surface area contributed by atoms with Gasteiger partial charge in [0.25, 0.3) is 0 Å². The number of anilines is 2. The van der Waals surface area contributed by atoms with Crippen LogP contribution in [-0.4, -0.2) is 53.1 Å². The topological polar surface area (TPSA) is 146 Å². The molecule has 11 heteroatoms. The molecule has 216 valence electrons. The highest BCUT2D eigenvalue weighted by Gasteiger charge is 2.41. The van der Waals surface area contributed by atoms with Crippen LogP contribution in [0.15, 0.2) is 30.6 Å². The molecule has 3 aromatic heterocycles. The minimum atomic E-state index is -3.19. The number of carbonyl (C=O) groups excluding carboxylic acids is 1. The van der Waals surface area contributed by atoms with Gasteiger partial charge in [-0.15, -0.1) is 0 Å². The molecule has 3 aromatic rings. The van der Waals surface area contributed by atoms with Crippen molar-refractivity contribution in [2.45, 2.75) is 89.7 Å². The molecule has 0 spiro atoms. The summed E-state index contributed by atoms with van der Waals surface area (Å²) in [4.78, 5) is 26.3. The van der Waals surface area contributed by atoms with Gasteiger partial charge in [-0.3, -0.25) is 0 Å². The van der Waals surface area contributed by atoms with Crippen LogP contribution in [0.5, 0.6) is 5.88 Å². The van der Waals surface area contributed by atoms with E-state index in [1.54, 1.807) is 31.5 Å². The smallest absolute Gasteiger partial charge is 0.340 e. The van der Waals surface area contributed by atoms with Gasteiger partial charge >= 0.3 is 5.97 Å². The zero-order valence-corrected chi connectivity index (χ0v) is 25.2. The molecule has 40 heavy (non-hydrogen) atoms. The lowest BCUT2D eigenvalue weighted by atomic mass is 9.79. The van der Waals surface area contributed by atoms with Crippen LogP contribution in [0.1, 0.15) is 82.9 Å². The van der Waals surface area contributed by atoms with E-state index in [0.29, 0.717) is 47.0 Å². The van der Waals surface area contributed by atoms with Gasteiger partial charge < -0.3 is 20.5 Å². The monoisotopic (exact) mass is 569 g/mol. The van der Waals surface area contributed by atoms with E-state index in [1.807, 2.05) is 47.6 Å². The van der Waals surface area contributed by atoms with E-state index in [4.69, 9.17) is 20.2 Å². The first-order valence-electron chi connectivity index (χ1n) is 13.5. The third kappa shape index (κ3) is 5.76. The van der Waals surface area contributed by atoms with Gasteiger partial charge in [0.2, 0.25) is 5.88 Å². The lowest BCUT2D eigenvalue weighted by Crippen LogP contribution is -2.42. The molecular formula is C29H39N5O5S. The number of rotatable bonds is 9. The number of esters is 1. The summed E-state index contributed by atoms with van der Waals surface area (Å²) in [6.45, 7) is 13.3. The molecule has 1 aliphatic rings. The van der Waals surface area contributed by atoms with E-state index in [-0.39, 0.29) is 12.1 Å². The standard InChI is InChI=1S/C29H39N5O5S/c1-9-29(7,30)22-15-32-26(38-16(2)12-17(3)40(8,36)37)21-14-31-24(13-20(21)22)33-23-11-10-19-25(34-23)28(5,6)18(4)39-27(19)35/h10-11,13-18H,9,12,30H2,1-8H3,(H,31,33,34)/t16-,17-,18+,29-/m1/s1. The Kier molecular flexibility index (Phi) is 7.85. The summed E-state index contributed by atoms with van der Waals surface area (Å²) in [5.41, 5.74) is 7.49. The number of nitrogens with one attached hydrogen (secondary N) is 1. The number of carbonyl (C=O) groups is 1. The summed E-state index contributed by atoms with van der Waals surface area (Å²) in [6.07, 6.45) is 4.90. The highest BCUT2D eigenvalue weighted by Crippen LogP contribution is 2.37. The summed E-state index contributed by atoms with van der Waals surface area (Å²) in [7, 11) is -3.19. The molecule has 0 bridgehead atoms. The number of fused-ring (bicyclic) bond motifs is 2. The zero-order chi connectivity index (χ0) is 29.6. The first kappa shape index (κ1) is 29.7. The summed E-state index contributed by atoms with van der Waals surface area (Å²) in [6, 6.07) is 5.33. The number of aromatic nitrogens is 3. The van der Waals surface area contributed by atoms with Crippen molar-refractivity contribution in [2.75, 3.05) is 11.6 Å². The minimum Gasteiger partial charge on any atom is -0.474 e. The van der Waals surface area contributed by atoms with Crippen molar-refractivity contribution in [1.82, 2.24) is 15.0 Å². The fourth-order valence-electron chi connectivity index (χ4n) is 4.68. The number of hydrogen-bond donors (Lipinski definition) is 2. The van der Waals surface area contributed by atoms with Crippen LogP contribution in [0.25, 0.3) is 10.8 Å². The molecular weight excluding hydrogens is 530 g/mol. The fraction of sp³-hybridized carbons (Fsp3) is 0.517. The molecule has 3 N–H and O–H groups in total. The van der Waals surface area contributed by atoms with Crippen LogP contribution in [0.4, 0.5) is 11.6 Å². The maximum absolute atomic E-state index is 12.4. The van der Waals surface area contributed by atoms with E-state index in [2.05, 4.69) is 15.3 Å². The second-order valence-corrected chi connectivity index (χ2v) is 14.1. The quantitative estimate of drug-likeness (QED) is 0.345. The van der Waals surface area contributed by atoms with Crippen molar-refractivity contribution in [3.63, 3.8) is 0 Å². The Balaban J connectivity index is 1.72. The van der Waals surface area contributed by atoms with Crippen LogP contribution < -0.4 is 15.8 Å². The highest BCUT2D eigenvalue weighted by molar-refractivity contribution is 7.91. The largest absolute Gasteiger partial charge is 0.474 e. The number of hydrogen-bond acceptors (Lipinski definition) is 10. The first-order valence-corrected chi connectivity index (χ1v) is 15.4. The molecule has 4 rings (SSSR count). The SMILES string of the molecule is CC[C@@](C)(N)c1cnc(O[C@H](C)C[C@@H](C)S(C)(=O)=O)c2cnc(Nc3ccc4c(n3)C(C)(C)[C@H](C)OC4=O)cc12. The number of nitrogens with zero attached hydrogens (tertiary/aromatic N) is 3. The normalized spacial score (nSPS) is 19.7. The van der Waals surface area contributed by atoms with Crippen LogP contribution in [-0.2, 0) is 25.5 Å². The average molecular weight is 570 g/mol. The van der Waals surface area contributed by atoms with Gasteiger partial charge in [0, 0.05) is 36.0 Å². The summed E-state index contributed by atoms with van der Waals surface area (Å²) < 4.78 is 35.5. The lowest BCUT2D eigenvalue weighted by Gasteiger charge is -2.36. The van der Waals surface area contributed by atoms with E-state index >= 15 is 0 Å². The van der Waals surface area contributed by atoms with Crippen LogP contribution in [0.2, 0.25) is 0 Å². The second kappa shape index (κ2) is 10.6. The molecule has 0 saturated carbocycles. The highest BCUT2D eigenvalue weighted by atomic mass is 32.2. The van der Waals surface area contributed by atoms with Crippen molar-refractivity contribution in [3.05, 3.63) is 47.4 Å². The van der Waals surface area contributed by atoms with Crippen LogP contribution in [0.3, 0.4) is 0 Å². The number of sulfone groups is 1. The predicted octanol–water partition coefficient (Wildman–Crippen LogP) is 4.78. The van der Waals surface area contributed by atoms with Crippen molar-refractivity contribution in [3.8, 4) is 5.88 Å². The Hall–Kier alpha value is -3.31. The number of cyclic esters (lactones) is 1. The summed E-state index contributed by atoms with van der Waals surface area (Å²) in [5, 5.41) is 4.21. The van der Waals surface area contributed by atoms with Gasteiger partial charge in [0.05, 0.1) is 28.0 Å². The molecule has 1 aliphatic heterocycles. The molecule has 0 fully saturated rings. The Morgan fingerprint density at radius 1 is 1.18 bits per heavy atom. The molecule has 0 radical (unpaired) electrons. The van der Waals surface area contributed by atoms with Gasteiger partial charge in [-0.25, -0.2) is 28.2 Å². The second-order valence-electron chi connectivity index (χ2n) is 11.7. The van der Waals surface area contributed by atoms with Gasteiger partial charge in [0.15, 0.2) is 0 Å². The Morgan fingerprint density at radius 3 is 2.52 bits per heavy atom. The first-order chi connectivity index (χ1) is 18.5. The van der Waals surface area contributed by atoms with Crippen LogP contribution in [0, 0.1) is 0 Å². The van der Waals surface area contributed by atoms with E-state index in [0.717, 1.165) is 10.9 Å². The van der Waals surface area contributed by atoms with Gasteiger partial charge in [-0.2, -0.15) is 0 Å². The molecule has 0 saturated heterocycles. The molecule has 4 heterocycles. The Bertz CT molecular complexity index is 1550. The number of nitrogens with two attached hydrogens (primary N) is 1. The van der Waals surface area contributed by atoms with Gasteiger partial charge in [0.1, 0.15) is 27.6 Å². The molecule has 10 nitrogen and oxygen atoms in total. The van der Waals surface area contributed by atoms with E-state index < -0.39 is 32.1 Å². The fourth-order valence-corrected chi connectivity index (χ4v) is 5.30. The maximum Gasteiger partial charge on any atom is 0.340 e. The van der Waals surface area contributed by atoms with Gasteiger partial charge in [-0.1, -0.05) is 20.8 Å². The van der Waals surface area contributed by atoms with Crippen LogP contribution >= 0.6 is 0 Å². The minimum absolute atomic E-state index is 0.318. The van der Waals surface area contributed by atoms with Gasteiger partial charge in [-0.05, 0) is 63.3 Å². The third-order valence-corrected chi connectivity index (χ3v) is 9.73. The zero-order valence-electron chi connectivity index (χ0n) is 24.4. The summed E-state index contributed by atoms with van der Waals surface area (Å²) >= 11 is 0. The molecule has 0 unspecified atom stereocenters. The number of ether oxygens (including phenoxy) is 2. The Morgan fingerprint density at radius 2 is 1.88 bits per heavy atom. The van der Waals surface area contributed by atoms with Crippen molar-refractivity contribution in [2.24, 2.45) is 5.73 Å². The average Bonchev–Trinajstić information content (AvgIpc) is 2.87. The molecule has 0 aromatic carbocycles. The maximum atomic E-state index is 12.4. The van der Waals surface area contributed by atoms with Crippen molar-refractivity contribution < 1.29 is 22.7 Å².